The average molecular weight is 250 g/mol. The maximum atomic E-state index is 12.3. The lowest BCUT2D eigenvalue weighted by Crippen LogP contribution is -2.05. The molecule has 4 rings (SSSR count). The van der Waals surface area contributed by atoms with E-state index in [1.165, 1.54) is 0 Å². The first-order chi connectivity index (χ1) is 9.36. The maximum absolute atomic E-state index is 12.3. The van der Waals surface area contributed by atoms with Crippen molar-refractivity contribution < 1.29 is 4.79 Å². The molecule has 0 amide bonds. The molecule has 3 nitrogen and oxygen atoms in total. The summed E-state index contributed by atoms with van der Waals surface area (Å²) in [5, 5.41) is 0. The van der Waals surface area contributed by atoms with Crippen molar-refractivity contribution in [2.45, 2.75) is 13.8 Å². The van der Waals surface area contributed by atoms with Crippen molar-refractivity contribution in [2.75, 3.05) is 0 Å². The zero-order valence-corrected chi connectivity index (χ0v) is 10.9. The molecule has 0 unspecified atom stereocenters. The van der Waals surface area contributed by atoms with E-state index >= 15 is 0 Å². The molecule has 19 heavy (non-hydrogen) atoms. The molecule has 0 aliphatic carbocycles. The van der Waals surface area contributed by atoms with Gasteiger partial charge in [-0.05, 0) is 18.2 Å². The normalized spacial score (nSPS) is 11.8. The van der Waals surface area contributed by atoms with Crippen LogP contribution >= 0.6 is 0 Å². The second-order valence-electron chi connectivity index (χ2n) is 4.11. The van der Waals surface area contributed by atoms with Crippen molar-refractivity contribution in [3.63, 3.8) is 0 Å². The SMILES string of the molecule is CC.O=C1c2ccccc2-c2nc3ccccc3n21. The van der Waals surface area contributed by atoms with Gasteiger partial charge in [0.15, 0.2) is 0 Å². The van der Waals surface area contributed by atoms with Gasteiger partial charge in [-0.1, -0.05) is 44.2 Å². The number of carbonyl (C=O) groups excluding carboxylic acids is 1. The molecule has 0 spiro atoms. The summed E-state index contributed by atoms with van der Waals surface area (Å²) in [6.07, 6.45) is 0. The number of hydrogen-bond donors (Lipinski definition) is 0. The monoisotopic (exact) mass is 250 g/mol. The smallest absolute Gasteiger partial charge is 0.264 e. The highest BCUT2D eigenvalue weighted by atomic mass is 16.2. The molecule has 1 aliphatic rings. The first-order valence-corrected chi connectivity index (χ1v) is 6.48. The molecule has 0 saturated carbocycles. The molecule has 94 valence electrons. The molecule has 2 aromatic carbocycles. The molecule has 1 aromatic heterocycles. The topological polar surface area (TPSA) is 34.9 Å². The van der Waals surface area contributed by atoms with E-state index in [0.717, 1.165) is 28.0 Å². The molecule has 0 atom stereocenters. The number of aromatic nitrogens is 2. The fourth-order valence-corrected chi connectivity index (χ4v) is 2.40. The molecule has 3 heteroatoms. The number of imidazole rings is 1. The summed E-state index contributed by atoms with van der Waals surface area (Å²) in [6, 6.07) is 15.3. The highest BCUT2D eigenvalue weighted by Gasteiger charge is 2.29. The standard InChI is InChI=1S/C14H8N2O.C2H6/c17-14-10-6-2-1-5-9(10)13-15-11-7-3-4-8-12(11)16(13)14;1-2/h1-8H;1-2H3. The van der Waals surface area contributed by atoms with Crippen molar-refractivity contribution in [1.82, 2.24) is 9.55 Å². The van der Waals surface area contributed by atoms with E-state index in [-0.39, 0.29) is 5.91 Å². The minimum absolute atomic E-state index is 0.0179. The predicted octanol–water partition coefficient (Wildman–Crippen LogP) is 3.73. The molecule has 0 N–H and O–H groups in total. The molecule has 1 aliphatic heterocycles. The van der Waals surface area contributed by atoms with Crippen molar-refractivity contribution in [1.29, 1.82) is 0 Å². The molecular formula is C16H14N2O. The number of rotatable bonds is 0. The summed E-state index contributed by atoms with van der Waals surface area (Å²) in [5.74, 6) is 0.774. The van der Waals surface area contributed by atoms with Gasteiger partial charge in [0.2, 0.25) is 0 Å². The van der Waals surface area contributed by atoms with Gasteiger partial charge in [0.05, 0.1) is 16.6 Å². The highest BCUT2D eigenvalue weighted by molar-refractivity contribution is 6.12. The lowest BCUT2D eigenvalue weighted by atomic mass is 10.1. The minimum atomic E-state index is 0.0179. The van der Waals surface area contributed by atoms with Crippen LogP contribution in [0.25, 0.3) is 22.4 Å². The van der Waals surface area contributed by atoms with Crippen LogP contribution in [-0.4, -0.2) is 15.5 Å². The van der Waals surface area contributed by atoms with Crippen LogP contribution < -0.4 is 0 Å². The first-order valence-electron chi connectivity index (χ1n) is 6.48. The molecule has 0 radical (unpaired) electrons. The third-order valence-electron chi connectivity index (χ3n) is 3.16. The molecule has 0 fully saturated rings. The number of nitrogens with zero attached hydrogens (tertiary/aromatic N) is 2. The molecule has 0 saturated heterocycles. The Morgan fingerprint density at radius 1 is 0.895 bits per heavy atom. The second-order valence-corrected chi connectivity index (χ2v) is 4.11. The third kappa shape index (κ3) is 1.51. The Balaban J connectivity index is 0.000000528. The largest absolute Gasteiger partial charge is 0.268 e. The molecular weight excluding hydrogens is 236 g/mol. The summed E-state index contributed by atoms with van der Waals surface area (Å²) < 4.78 is 1.69. The van der Waals surface area contributed by atoms with Crippen LogP contribution in [0.2, 0.25) is 0 Å². The van der Waals surface area contributed by atoms with Gasteiger partial charge in [-0.2, -0.15) is 0 Å². The molecule has 2 heterocycles. The Labute approximate surface area is 111 Å². The van der Waals surface area contributed by atoms with E-state index in [4.69, 9.17) is 0 Å². The zero-order valence-electron chi connectivity index (χ0n) is 10.9. The van der Waals surface area contributed by atoms with Crippen LogP contribution in [0, 0.1) is 0 Å². The van der Waals surface area contributed by atoms with Crippen LogP contribution in [0.15, 0.2) is 48.5 Å². The Kier molecular flexibility index (Phi) is 2.67. The number of para-hydroxylation sites is 2. The van der Waals surface area contributed by atoms with Crippen LogP contribution in [0.4, 0.5) is 0 Å². The number of fused-ring (bicyclic) bond motifs is 5. The third-order valence-corrected chi connectivity index (χ3v) is 3.16. The van der Waals surface area contributed by atoms with Gasteiger partial charge in [-0.25, -0.2) is 4.98 Å². The van der Waals surface area contributed by atoms with E-state index < -0.39 is 0 Å². The van der Waals surface area contributed by atoms with Gasteiger partial charge < -0.3 is 0 Å². The maximum Gasteiger partial charge on any atom is 0.264 e. The van der Waals surface area contributed by atoms with E-state index in [9.17, 15) is 4.79 Å². The Hall–Kier alpha value is -2.42. The van der Waals surface area contributed by atoms with Crippen LogP contribution in [-0.2, 0) is 0 Å². The summed E-state index contributed by atoms with van der Waals surface area (Å²) in [6.45, 7) is 4.00. The first kappa shape index (κ1) is 11.7. The number of benzene rings is 2. The number of carbonyl (C=O) groups is 1. The lowest BCUT2D eigenvalue weighted by molar-refractivity contribution is 0.0973. The predicted molar refractivity (Wildman–Crippen MR) is 76.2 cm³/mol. The average Bonchev–Trinajstić information content (AvgIpc) is 2.99. The van der Waals surface area contributed by atoms with E-state index in [1.807, 2.05) is 62.4 Å². The highest BCUT2D eigenvalue weighted by Crippen LogP contribution is 2.33. The summed E-state index contributed by atoms with van der Waals surface area (Å²) in [5.41, 5.74) is 3.41. The molecule has 0 bridgehead atoms. The Bertz CT molecular complexity index is 771. The Morgan fingerprint density at radius 2 is 1.53 bits per heavy atom. The van der Waals surface area contributed by atoms with E-state index in [0.29, 0.717) is 0 Å². The van der Waals surface area contributed by atoms with Crippen molar-refractivity contribution >= 4 is 16.9 Å². The summed E-state index contributed by atoms with van der Waals surface area (Å²) in [7, 11) is 0. The van der Waals surface area contributed by atoms with Crippen LogP contribution in [0.5, 0.6) is 0 Å². The lowest BCUT2D eigenvalue weighted by Gasteiger charge is -1.96. The fourth-order valence-electron chi connectivity index (χ4n) is 2.40. The van der Waals surface area contributed by atoms with Gasteiger partial charge in [0.25, 0.3) is 5.91 Å². The van der Waals surface area contributed by atoms with Gasteiger partial charge in [0, 0.05) is 5.56 Å². The van der Waals surface area contributed by atoms with E-state index in [1.54, 1.807) is 4.57 Å². The van der Waals surface area contributed by atoms with Crippen LogP contribution in [0.3, 0.4) is 0 Å². The van der Waals surface area contributed by atoms with Crippen molar-refractivity contribution in [2.24, 2.45) is 0 Å². The van der Waals surface area contributed by atoms with Gasteiger partial charge in [-0.3, -0.25) is 9.36 Å². The van der Waals surface area contributed by atoms with E-state index in [2.05, 4.69) is 4.98 Å². The minimum Gasteiger partial charge on any atom is -0.268 e. The summed E-state index contributed by atoms with van der Waals surface area (Å²) >= 11 is 0. The van der Waals surface area contributed by atoms with Crippen molar-refractivity contribution in [3.05, 3.63) is 54.1 Å². The van der Waals surface area contributed by atoms with Crippen LogP contribution in [0.1, 0.15) is 24.2 Å². The Morgan fingerprint density at radius 3 is 2.32 bits per heavy atom. The second kappa shape index (κ2) is 4.35. The van der Waals surface area contributed by atoms with Gasteiger partial charge in [-0.15, -0.1) is 0 Å². The quantitative estimate of drug-likeness (QED) is 0.476. The fraction of sp³-hybridized carbons (Fsp3) is 0.125. The van der Waals surface area contributed by atoms with Gasteiger partial charge in [0.1, 0.15) is 5.82 Å². The van der Waals surface area contributed by atoms with Crippen molar-refractivity contribution in [3.8, 4) is 11.4 Å². The summed E-state index contributed by atoms with van der Waals surface area (Å²) in [4.78, 5) is 16.8. The van der Waals surface area contributed by atoms with Gasteiger partial charge >= 0.3 is 0 Å². The number of hydrogen-bond acceptors (Lipinski definition) is 2. The zero-order chi connectivity index (χ0) is 13.4. The molecule has 3 aromatic rings.